The SMILES string of the molecule is CCOc1ccc2nc(NC(=O)CCCn3cccc3)sc2c1. The Morgan fingerprint density at radius 2 is 2.17 bits per heavy atom. The number of hydrogen-bond donors (Lipinski definition) is 1. The van der Waals surface area contributed by atoms with E-state index in [0.29, 0.717) is 18.2 Å². The quantitative estimate of drug-likeness (QED) is 0.715. The van der Waals surface area contributed by atoms with Crippen LogP contribution in [-0.2, 0) is 11.3 Å². The number of nitrogens with one attached hydrogen (secondary N) is 1. The summed E-state index contributed by atoms with van der Waals surface area (Å²) in [6, 6.07) is 9.74. The zero-order chi connectivity index (χ0) is 16.1. The van der Waals surface area contributed by atoms with Gasteiger partial charge in [-0.15, -0.1) is 0 Å². The van der Waals surface area contributed by atoms with E-state index in [1.54, 1.807) is 0 Å². The summed E-state index contributed by atoms with van der Waals surface area (Å²) in [5, 5.41) is 3.52. The molecule has 6 heteroatoms. The highest BCUT2D eigenvalue weighted by Crippen LogP contribution is 2.29. The lowest BCUT2D eigenvalue weighted by molar-refractivity contribution is -0.116. The third-order valence-electron chi connectivity index (χ3n) is 3.40. The molecule has 0 aliphatic carbocycles. The minimum absolute atomic E-state index is 0.00115. The maximum Gasteiger partial charge on any atom is 0.226 e. The van der Waals surface area contributed by atoms with E-state index in [2.05, 4.69) is 14.9 Å². The van der Waals surface area contributed by atoms with Crippen molar-refractivity contribution in [2.75, 3.05) is 11.9 Å². The molecule has 3 rings (SSSR count). The standard InChI is InChI=1S/C17H19N3O2S/c1-2-22-13-7-8-14-15(12-13)23-17(18-14)19-16(21)6-5-11-20-9-3-4-10-20/h3-4,7-10,12H,2,5-6,11H2,1H3,(H,18,19,21). The molecule has 0 atom stereocenters. The second-order valence-corrected chi connectivity index (χ2v) is 6.18. The van der Waals surface area contributed by atoms with E-state index in [1.165, 1.54) is 11.3 Å². The molecular formula is C17H19N3O2S. The number of thiazole rings is 1. The minimum Gasteiger partial charge on any atom is -0.494 e. The molecule has 0 saturated carbocycles. The molecule has 0 unspecified atom stereocenters. The molecule has 0 saturated heterocycles. The molecule has 0 aliphatic rings. The number of ether oxygens (including phenoxy) is 1. The lowest BCUT2D eigenvalue weighted by Gasteiger charge is -2.03. The molecule has 0 radical (unpaired) electrons. The number of carbonyl (C=O) groups excluding carboxylic acids is 1. The van der Waals surface area contributed by atoms with Crippen molar-refractivity contribution >= 4 is 32.6 Å². The molecule has 3 aromatic rings. The molecule has 120 valence electrons. The van der Waals surface area contributed by atoms with Crippen LogP contribution < -0.4 is 10.1 Å². The molecule has 0 bridgehead atoms. The van der Waals surface area contributed by atoms with Gasteiger partial charge in [-0.05, 0) is 43.7 Å². The largest absolute Gasteiger partial charge is 0.494 e. The Kier molecular flexibility index (Phi) is 4.92. The number of fused-ring (bicyclic) bond motifs is 1. The van der Waals surface area contributed by atoms with Crippen molar-refractivity contribution in [3.8, 4) is 5.75 Å². The Hall–Kier alpha value is -2.34. The monoisotopic (exact) mass is 329 g/mol. The predicted molar refractivity (Wildman–Crippen MR) is 93.1 cm³/mol. The average molecular weight is 329 g/mol. The first-order valence-corrected chi connectivity index (χ1v) is 8.50. The molecule has 1 aromatic carbocycles. The van der Waals surface area contributed by atoms with Crippen molar-refractivity contribution in [3.05, 3.63) is 42.7 Å². The zero-order valence-corrected chi connectivity index (χ0v) is 13.8. The molecule has 23 heavy (non-hydrogen) atoms. The maximum atomic E-state index is 12.0. The fourth-order valence-electron chi connectivity index (χ4n) is 2.34. The van der Waals surface area contributed by atoms with Gasteiger partial charge in [0.15, 0.2) is 5.13 Å². The Bertz CT molecular complexity index is 780. The van der Waals surface area contributed by atoms with Crippen molar-refractivity contribution in [3.63, 3.8) is 0 Å². The number of amides is 1. The molecule has 1 N–H and O–H groups in total. The van der Waals surface area contributed by atoms with Crippen LogP contribution in [0.1, 0.15) is 19.8 Å². The number of hydrogen-bond acceptors (Lipinski definition) is 4. The van der Waals surface area contributed by atoms with E-state index in [4.69, 9.17) is 4.74 Å². The van der Waals surface area contributed by atoms with Crippen molar-refractivity contribution in [2.24, 2.45) is 0 Å². The second-order valence-electron chi connectivity index (χ2n) is 5.15. The summed E-state index contributed by atoms with van der Waals surface area (Å²) in [4.78, 5) is 16.4. The fourth-order valence-corrected chi connectivity index (χ4v) is 3.25. The number of carbonyl (C=O) groups is 1. The van der Waals surface area contributed by atoms with Gasteiger partial charge in [-0.2, -0.15) is 0 Å². The van der Waals surface area contributed by atoms with E-state index in [-0.39, 0.29) is 5.91 Å². The number of benzene rings is 1. The van der Waals surface area contributed by atoms with Crippen LogP contribution >= 0.6 is 11.3 Å². The Morgan fingerprint density at radius 1 is 1.35 bits per heavy atom. The van der Waals surface area contributed by atoms with Gasteiger partial charge < -0.3 is 14.6 Å². The van der Waals surface area contributed by atoms with Crippen LogP contribution in [0.25, 0.3) is 10.2 Å². The molecule has 0 spiro atoms. The number of anilines is 1. The van der Waals surface area contributed by atoms with Crippen molar-refractivity contribution in [1.29, 1.82) is 0 Å². The predicted octanol–water partition coefficient (Wildman–Crippen LogP) is 3.92. The van der Waals surface area contributed by atoms with Gasteiger partial charge in [-0.25, -0.2) is 4.98 Å². The fraction of sp³-hybridized carbons (Fsp3) is 0.294. The van der Waals surface area contributed by atoms with E-state index < -0.39 is 0 Å². The van der Waals surface area contributed by atoms with Crippen molar-refractivity contribution in [1.82, 2.24) is 9.55 Å². The smallest absolute Gasteiger partial charge is 0.226 e. The summed E-state index contributed by atoms with van der Waals surface area (Å²) in [6.07, 6.45) is 5.29. The maximum absolute atomic E-state index is 12.0. The van der Waals surface area contributed by atoms with Crippen LogP contribution in [0.2, 0.25) is 0 Å². The first-order valence-electron chi connectivity index (χ1n) is 7.68. The van der Waals surface area contributed by atoms with Crippen LogP contribution in [0.4, 0.5) is 5.13 Å². The van der Waals surface area contributed by atoms with Crippen LogP contribution in [0.3, 0.4) is 0 Å². The highest BCUT2D eigenvalue weighted by molar-refractivity contribution is 7.22. The van der Waals surface area contributed by atoms with Gasteiger partial charge in [0, 0.05) is 25.4 Å². The molecule has 2 aromatic heterocycles. The lowest BCUT2D eigenvalue weighted by atomic mass is 10.3. The molecule has 5 nitrogen and oxygen atoms in total. The average Bonchev–Trinajstić information content (AvgIpc) is 3.16. The zero-order valence-electron chi connectivity index (χ0n) is 13.0. The molecule has 2 heterocycles. The third-order valence-corrected chi connectivity index (χ3v) is 4.34. The van der Waals surface area contributed by atoms with Crippen LogP contribution in [0.15, 0.2) is 42.7 Å². The van der Waals surface area contributed by atoms with E-state index in [9.17, 15) is 4.79 Å². The van der Waals surface area contributed by atoms with E-state index in [0.717, 1.165) is 28.9 Å². The normalized spacial score (nSPS) is 10.8. The summed E-state index contributed by atoms with van der Waals surface area (Å²) in [5.41, 5.74) is 0.876. The van der Waals surface area contributed by atoms with E-state index >= 15 is 0 Å². The topological polar surface area (TPSA) is 56.1 Å². The Labute approximate surface area is 138 Å². The van der Waals surface area contributed by atoms with Crippen LogP contribution in [0.5, 0.6) is 5.75 Å². The lowest BCUT2D eigenvalue weighted by Crippen LogP contribution is -2.11. The van der Waals surface area contributed by atoms with Gasteiger partial charge >= 0.3 is 0 Å². The Morgan fingerprint density at radius 3 is 2.96 bits per heavy atom. The van der Waals surface area contributed by atoms with Crippen LogP contribution in [0, 0.1) is 0 Å². The summed E-state index contributed by atoms with van der Waals surface area (Å²) >= 11 is 1.47. The molecular weight excluding hydrogens is 310 g/mol. The third kappa shape index (κ3) is 4.10. The highest BCUT2D eigenvalue weighted by atomic mass is 32.1. The van der Waals surface area contributed by atoms with E-state index in [1.807, 2.05) is 49.6 Å². The summed E-state index contributed by atoms with van der Waals surface area (Å²) in [7, 11) is 0. The van der Waals surface area contributed by atoms with Gasteiger partial charge in [0.1, 0.15) is 5.75 Å². The number of rotatable bonds is 7. The molecule has 1 amide bonds. The summed E-state index contributed by atoms with van der Waals surface area (Å²) < 4.78 is 8.56. The summed E-state index contributed by atoms with van der Waals surface area (Å²) in [5.74, 6) is 0.828. The first kappa shape index (κ1) is 15.6. The Balaban J connectivity index is 1.56. The minimum atomic E-state index is 0.00115. The first-order chi connectivity index (χ1) is 11.2. The van der Waals surface area contributed by atoms with Gasteiger partial charge in [0.05, 0.1) is 16.8 Å². The van der Waals surface area contributed by atoms with Crippen molar-refractivity contribution < 1.29 is 9.53 Å². The highest BCUT2D eigenvalue weighted by Gasteiger charge is 2.08. The summed E-state index contributed by atoms with van der Waals surface area (Å²) in [6.45, 7) is 3.43. The number of aryl methyl sites for hydroxylation is 1. The molecule has 0 fully saturated rings. The number of nitrogens with zero attached hydrogens (tertiary/aromatic N) is 2. The number of aromatic nitrogens is 2. The van der Waals surface area contributed by atoms with Gasteiger partial charge in [-0.3, -0.25) is 4.79 Å². The van der Waals surface area contributed by atoms with Gasteiger partial charge in [-0.1, -0.05) is 11.3 Å². The van der Waals surface area contributed by atoms with Crippen LogP contribution in [-0.4, -0.2) is 22.1 Å². The van der Waals surface area contributed by atoms with Gasteiger partial charge in [0.2, 0.25) is 5.91 Å². The molecule has 0 aliphatic heterocycles. The van der Waals surface area contributed by atoms with Crippen molar-refractivity contribution in [2.45, 2.75) is 26.3 Å². The second kappa shape index (κ2) is 7.28. The van der Waals surface area contributed by atoms with Gasteiger partial charge in [0.25, 0.3) is 0 Å².